The Morgan fingerprint density at radius 2 is 2.05 bits per heavy atom. The molecule has 0 atom stereocenters. The van der Waals surface area contributed by atoms with Crippen molar-refractivity contribution in [3.63, 3.8) is 0 Å². The van der Waals surface area contributed by atoms with Gasteiger partial charge in [-0.15, -0.1) is 0 Å². The number of nitrogens with zero attached hydrogens (tertiary/aromatic N) is 1. The van der Waals surface area contributed by atoms with Gasteiger partial charge in [0.2, 0.25) is 0 Å². The lowest BCUT2D eigenvalue weighted by Gasteiger charge is -2.08. The highest BCUT2D eigenvalue weighted by Gasteiger charge is 2.03. The maximum Gasteiger partial charge on any atom is 0.129 e. The zero-order valence-corrected chi connectivity index (χ0v) is 11.9. The molecule has 0 unspecified atom stereocenters. The van der Waals surface area contributed by atoms with Crippen molar-refractivity contribution in [2.75, 3.05) is 6.61 Å². The second-order valence-electron chi connectivity index (χ2n) is 4.60. The molecule has 0 aliphatic heterocycles. The fraction of sp³-hybridized carbons (Fsp3) is 0.235. The van der Waals surface area contributed by atoms with Gasteiger partial charge >= 0.3 is 0 Å². The molecule has 0 radical (unpaired) electrons. The third-order valence-electron chi connectivity index (χ3n) is 3.04. The van der Waals surface area contributed by atoms with Crippen molar-refractivity contribution >= 4 is 0 Å². The number of nitriles is 1. The van der Waals surface area contributed by atoms with E-state index in [9.17, 15) is 4.39 Å². The highest BCUT2D eigenvalue weighted by molar-refractivity contribution is 5.33. The molecule has 2 rings (SSSR count). The van der Waals surface area contributed by atoms with E-state index in [1.807, 2.05) is 37.3 Å². The molecular weight excluding hydrogens is 267 g/mol. The minimum absolute atomic E-state index is 0.334. The van der Waals surface area contributed by atoms with E-state index >= 15 is 0 Å². The first-order valence-corrected chi connectivity index (χ1v) is 6.84. The fourth-order valence-corrected chi connectivity index (χ4v) is 2.01. The smallest absolute Gasteiger partial charge is 0.129 e. The van der Waals surface area contributed by atoms with Crippen LogP contribution in [0, 0.1) is 17.1 Å². The molecule has 1 N–H and O–H groups in total. The molecule has 0 aromatic heterocycles. The first kappa shape index (κ1) is 15.0. The molecule has 0 heterocycles. The van der Waals surface area contributed by atoms with Crippen LogP contribution in [-0.4, -0.2) is 6.61 Å². The minimum Gasteiger partial charge on any atom is -0.494 e. The third-order valence-corrected chi connectivity index (χ3v) is 3.04. The SMILES string of the molecule is CCOc1cccc(CNCc2ccc(C#N)cc2F)c1. The van der Waals surface area contributed by atoms with E-state index in [4.69, 9.17) is 10.00 Å². The molecule has 108 valence electrons. The first-order chi connectivity index (χ1) is 10.2. The maximum absolute atomic E-state index is 13.7. The Hall–Kier alpha value is -2.38. The summed E-state index contributed by atoms with van der Waals surface area (Å²) in [7, 11) is 0. The van der Waals surface area contributed by atoms with Crippen LogP contribution in [0.4, 0.5) is 4.39 Å². The van der Waals surface area contributed by atoms with Gasteiger partial charge in [-0.25, -0.2) is 4.39 Å². The van der Waals surface area contributed by atoms with Crippen molar-refractivity contribution in [3.8, 4) is 11.8 Å². The molecule has 0 saturated carbocycles. The van der Waals surface area contributed by atoms with Crippen molar-refractivity contribution in [2.45, 2.75) is 20.0 Å². The van der Waals surface area contributed by atoms with E-state index in [0.29, 0.717) is 30.8 Å². The van der Waals surface area contributed by atoms with Crippen LogP contribution >= 0.6 is 0 Å². The predicted molar refractivity (Wildman–Crippen MR) is 79.3 cm³/mol. The van der Waals surface area contributed by atoms with Crippen LogP contribution in [0.5, 0.6) is 5.75 Å². The molecule has 0 amide bonds. The monoisotopic (exact) mass is 284 g/mol. The Morgan fingerprint density at radius 1 is 1.19 bits per heavy atom. The van der Waals surface area contributed by atoms with Crippen LogP contribution in [0.25, 0.3) is 0 Å². The van der Waals surface area contributed by atoms with Crippen LogP contribution in [0.1, 0.15) is 23.6 Å². The Morgan fingerprint density at radius 3 is 2.76 bits per heavy atom. The summed E-state index contributed by atoms with van der Waals surface area (Å²) in [6, 6.07) is 14.2. The van der Waals surface area contributed by atoms with Crippen molar-refractivity contribution in [2.24, 2.45) is 0 Å². The molecule has 0 spiro atoms. The quantitative estimate of drug-likeness (QED) is 0.884. The average Bonchev–Trinajstić information content (AvgIpc) is 2.49. The van der Waals surface area contributed by atoms with Gasteiger partial charge in [-0.3, -0.25) is 0 Å². The summed E-state index contributed by atoms with van der Waals surface area (Å²) in [5.41, 5.74) is 1.96. The summed E-state index contributed by atoms with van der Waals surface area (Å²) >= 11 is 0. The van der Waals surface area contributed by atoms with E-state index < -0.39 is 0 Å². The van der Waals surface area contributed by atoms with Crippen LogP contribution in [0.15, 0.2) is 42.5 Å². The number of hydrogen-bond donors (Lipinski definition) is 1. The van der Waals surface area contributed by atoms with Crippen LogP contribution < -0.4 is 10.1 Å². The standard InChI is InChI=1S/C17H17FN2O/c1-2-21-16-5-3-4-14(8-16)11-20-12-15-7-6-13(10-19)9-17(15)18/h3-9,20H,2,11-12H2,1H3. The number of ether oxygens (including phenoxy) is 1. The Balaban J connectivity index is 1.92. The van der Waals surface area contributed by atoms with E-state index in [1.54, 1.807) is 12.1 Å². The molecule has 0 fully saturated rings. The summed E-state index contributed by atoms with van der Waals surface area (Å²) in [5, 5.41) is 11.9. The lowest BCUT2D eigenvalue weighted by atomic mass is 10.1. The van der Waals surface area contributed by atoms with Gasteiger partial charge in [-0.05, 0) is 36.8 Å². The molecule has 21 heavy (non-hydrogen) atoms. The number of rotatable bonds is 6. The molecule has 4 heteroatoms. The van der Waals surface area contributed by atoms with E-state index in [-0.39, 0.29) is 5.82 Å². The van der Waals surface area contributed by atoms with E-state index in [0.717, 1.165) is 11.3 Å². The third kappa shape index (κ3) is 4.30. The van der Waals surface area contributed by atoms with Gasteiger partial charge in [0.05, 0.1) is 18.2 Å². The van der Waals surface area contributed by atoms with Crippen molar-refractivity contribution < 1.29 is 9.13 Å². The van der Waals surface area contributed by atoms with Gasteiger partial charge < -0.3 is 10.1 Å². The molecule has 0 bridgehead atoms. The van der Waals surface area contributed by atoms with Crippen molar-refractivity contribution in [1.29, 1.82) is 5.26 Å². The van der Waals surface area contributed by atoms with Gasteiger partial charge in [0.1, 0.15) is 11.6 Å². The van der Waals surface area contributed by atoms with E-state index in [1.165, 1.54) is 6.07 Å². The van der Waals surface area contributed by atoms with Gasteiger partial charge in [-0.2, -0.15) is 5.26 Å². The fourth-order valence-electron chi connectivity index (χ4n) is 2.01. The highest BCUT2D eigenvalue weighted by Crippen LogP contribution is 2.14. The average molecular weight is 284 g/mol. The number of benzene rings is 2. The Labute approximate surface area is 124 Å². The highest BCUT2D eigenvalue weighted by atomic mass is 19.1. The lowest BCUT2D eigenvalue weighted by Crippen LogP contribution is -2.13. The minimum atomic E-state index is -0.357. The largest absolute Gasteiger partial charge is 0.494 e. The second-order valence-corrected chi connectivity index (χ2v) is 4.60. The van der Waals surface area contributed by atoms with Crippen LogP contribution in [-0.2, 0) is 13.1 Å². The van der Waals surface area contributed by atoms with Gasteiger partial charge in [0, 0.05) is 18.7 Å². The molecule has 2 aromatic carbocycles. The molecule has 0 aliphatic rings. The summed E-state index contributed by atoms with van der Waals surface area (Å²) in [6.45, 7) is 3.61. The topological polar surface area (TPSA) is 45.0 Å². The number of hydrogen-bond acceptors (Lipinski definition) is 3. The molecule has 2 aromatic rings. The summed E-state index contributed by atoms with van der Waals surface area (Å²) in [5.74, 6) is 0.478. The van der Waals surface area contributed by atoms with Crippen LogP contribution in [0.2, 0.25) is 0 Å². The summed E-state index contributed by atoms with van der Waals surface area (Å²) in [4.78, 5) is 0. The Bertz CT molecular complexity index is 649. The zero-order chi connectivity index (χ0) is 15.1. The van der Waals surface area contributed by atoms with Crippen molar-refractivity contribution in [3.05, 3.63) is 65.0 Å². The van der Waals surface area contributed by atoms with E-state index in [2.05, 4.69) is 5.32 Å². The zero-order valence-electron chi connectivity index (χ0n) is 11.9. The first-order valence-electron chi connectivity index (χ1n) is 6.84. The Kier molecular flexibility index (Phi) is 5.30. The van der Waals surface area contributed by atoms with Gasteiger partial charge in [-0.1, -0.05) is 18.2 Å². The molecular formula is C17H17FN2O. The summed E-state index contributed by atoms with van der Waals surface area (Å²) in [6.07, 6.45) is 0. The maximum atomic E-state index is 13.7. The number of nitrogens with one attached hydrogen (secondary N) is 1. The summed E-state index contributed by atoms with van der Waals surface area (Å²) < 4.78 is 19.2. The molecule has 0 saturated heterocycles. The molecule has 0 aliphatic carbocycles. The van der Waals surface area contributed by atoms with Crippen molar-refractivity contribution in [1.82, 2.24) is 5.32 Å². The van der Waals surface area contributed by atoms with Gasteiger partial charge in [0.25, 0.3) is 0 Å². The normalized spacial score (nSPS) is 10.1. The predicted octanol–water partition coefficient (Wildman–Crippen LogP) is 3.39. The second kappa shape index (κ2) is 7.41. The van der Waals surface area contributed by atoms with Gasteiger partial charge in [0.15, 0.2) is 0 Å². The lowest BCUT2D eigenvalue weighted by molar-refractivity contribution is 0.340. The van der Waals surface area contributed by atoms with Crippen LogP contribution in [0.3, 0.4) is 0 Å². The number of halogens is 1. The molecule has 3 nitrogen and oxygen atoms in total.